The van der Waals surface area contributed by atoms with Gasteiger partial charge in [0.2, 0.25) is 0 Å². The van der Waals surface area contributed by atoms with Gasteiger partial charge >= 0.3 is 0 Å². The van der Waals surface area contributed by atoms with Gasteiger partial charge in [-0.2, -0.15) is 0 Å². The molecular weight excluding hydrogens is 224 g/mol. The molecule has 3 heteroatoms. The van der Waals surface area contributed by atoms with Crippen LogP contribution in [0, 0.1) is 5.41 Å². The Morgan fingerprint density at radius 3 is 2.39 bits per heavy atom. The number of nitrogens with two attached hydrogens (primary N) is 1. The third kappa shape index (κ3) is 3.10. The third-order valence-electron chi connectivity index (χ3n) is 3.73. The van der Waals surface area contributed by atoms with Crippen molar-refractivity contribution in [1.29, 1.82) is 0 Å². The van der Waals surface area contributed by atoms with Crippen LogP contribution in [0.5, 0.6) is 0 Å². The number of benzene rings is 1. The number of hydrogen-bond acceptors (Lipinski definition) is 3. The lowest BCUT2D eigenvalue weighted by molar-refractivity contribution is -0.105. The summed E-state index contributed by atoms with van der Waals surface area (Å²) >= 11 is 0. The molecule has 0 radical (unpaired) electrons. The van der Waals surface area contributed by atoms with Gasteiger partial charge in [-0.25, -0.2) is 0 Å². The van der Waals surface area contributed by atoms with Crippen molar-refractivity contribution in [2.45, 2.75) is 26.3 Å². The third-order valence-corrected chi connectivity index (χ3v) is 3.73. The van der Waals surface area contributed by atoms with E-state index in [-0.39, 0.29) is 5.41 Å². The summed E-state index contributed by atoms with van der Waals surface area (Å²) < 4.78 is 5.25. The van der Waals surface area contributed by atoms with Crippen LogP contribution in [0.3, 0.4) is 0 Å². The van der Waals surface area contributed by atoms with E-state index in [4.69, 9.17) is 10.5 Å². The van der Waals surface area contributed by atoms with Crippen LogP contribution in [0.1, 0.15) is 30.9 Å². The van der Waals surface area contributed by atoms with Gasteiger partial charge in [-0.3, -0.25) is 0 Å². The van der Waals surface area contributed by atoms with Crippen LogP contribution in [-0.4, -0.2) is 26.3 Å². The van der Waals surface area contributed by atoms with Gasteiger partial charge in [0.05, 0.1) is 13.2 Å². The van der Waals surface area contributed by atoms with E-state index in [1.807, 2.05) is 0 Å². The summed E-state index contributed by atoms with van der Waals surface area (Å²) in [5.74, 6) is 0.597. The lowest BCUT2D eigenvalue weighted by atomic mass is 9.86. The summed E-state index contributed by atoms with van der Waals surface area (Å²) in [6.07, 6.45) is 0. The van der Waals surface area contributed by atoms with Crippen LogP contribution < -0.4 is 11.1 Å². The van der Waals surface area contributed by atoms with Gasteiger partial charge in [0.1, 0.15) is 0 Å². The van der Waals surface area contributed by atoms with Crippen molar-refractivity contribution >= 4 is 0 Å². The number of ether oxygens (including phenoxy) is 1. The molecule has 0 saturated carbocycles. The molecule has 1 aromatic carbocycles. The van der Waals surface area contributed by atoms with E-state index in [2.05, 4.69) is 43.4 Å². The van der Waals surface area contributed by atoms with E-state index in [0.29, 0.717) is 12.5 Å². The first kappa shape index (κ1) is 13.5. The van der Waals surface area contributed by atoms with Gasteiger partial charge in [0.25, 0.3) is 0 Å². The SMILES string of the molecule is CC(C)c1ccc(CNCC2(CN)COC2)cc1. The highest BCUT2D eigenvalue weighted by atomic mass is 16.5. The molecule has 1 aliphatic rings. The standard InChI is InChI=1S/C15H24N2O/c1-12(2)14-5-3-13(4-6-14)7-17-9-15(8-16)10-18-11-15/h3-6,12,17H,7-11,16H2,1-2H3. The Hall–Kier alpha value is -0.900. The van der Waals surface area contributed by atoms with E-state index in [1.165, 1.54) is 11.1 Å². The lowest BCUT2D eigenvalue weighted by Crippen LogP contribution is -2.54. The monoisotopic (exact) mass is 248 g/mol. The molecule has 1 aliphatic heterocycles. The predicted molar refractivity (Wildman–Crippen MR) is 74.5 cm³/mol. The summed E-state index contributed by atoms with van der Waals surface area (Å²) in [5.41, 5.74) is 8.68. The number of nitrogens with one attached hydrogen (secondary N) is 1. The molecule has 2 rings (SSSR count). The molecule has 100 valence electrons. The van der Waals surface area contributed by atoms with Crippen LogP contribution in [-0.2, 0) is 11.3 Å². The van der Waals surface area contributed by atoms with Crippen molar-refractivity contribution < 1.29 is 4.74 Å². The van der Waals surface area contributed by atoms with Crippen molar-refractivity contribution in [3.05, 3.63) is 35.4 Å². The van der Waals surface area contributed by atoms with Crippen molar-refractivity contribution in [3.8, 4) is 0 Å². The van der Waals surface area contributed by atoms with Gasteiger partial charge < -0.3 is 15.8 Å². The quantitative estimate of drug-likeness (QED) is 0.808. The Bertz CT molecular complexity index is 363. The van der Waals surface area contributed by atoms with Crippen molar-refractivity contribution in [2.75, 3.05) is 26.3 Å². The second kappa shape index (κ2) is 5.83. The average molecular weight is 248 g/mol. The molecule has 0 bridgehead atoms. The molecule has 0 aliphatic carbocycles. The van der Waals surface area contributed by atoms with Gasteiger partial charge in [0, 0.05) is 25.0 Å². The number of hydrogen-bond donors (Lipinski definition) is 2. The van der Waals surface area contributed by atoms with E-state index in [1.54, 1.807) is 0 Å². The van der Waals surface area contributed by atoms with Crippen molar-refractivity contribution in [1.82, 2.24) is 5.32 Å². The van der Waals surface area contributed by atoms with Crippen LogP contribution >= 0.6 is 0 Å². The zero-order valence-electron chi connectivity index (χ0n) is 11.4. The maximum Gasteiger partial charge on any atom is 0.0569 e. The highest BCUT2D eigenvalue weighted by Gasteiger charge is 2.36. The predicted octanol–water partition coefficient (Wildman–Crippen LogP) is 1.87. The maximum absolute atomic E-state index is 5.78. The van der Waals surface area contributed by atoms with Crippen LogP contribution in [0.25, 0.3) is 0 Å². The maximum atomic E-state index is 5.78. The molecule has 1 aromatic rings. The van der Waals surface area contributed by atoms with Gasteiger partial charge in [-0.05, 0) is 17.0 Å². The highest BCUT2D eigenvalue weighted by molar-refractivity contribution is 5.24. The Kier molecular flexibility index (Phi) is 4.38. The van der Waals surface area contributed by atoms with Crippen LogP contribution in [0.2, 0.25) is 0 Å². The average Bonchev–Trinajstić information content (AvgIpc) is 2.33. The molecule has 1 saturated heterocycles. The molecular formula is C15H24N2O. The summed E-state index contributed by atoms with van der Waals surface area (Å²) in [5, 5.41) is 3.48. The summed E-state index contributed by atoms with van der Waals surface area (Å²) in [4.78, 5) is 0. The molecule has 0 unspecified atom stereocenters. The van der Waals surface area contributed by atoms with Gasteiger partial charge in [-0.15, -0.1) is 0 Å². The van der Waals surface area contributed by atoms with Crippen LogP contribution in [0.15, 0.2) is 24.3 Å². The topological polar surface area (TPSA) is 47.3 Å². The van der Waals surface area contributed by atoms with E-state index < -0.39 is 0 Å². The zero-order valence-corrected chi connectivity index (χ0v) is 11.4. The van der Waals surface area contributed by atoms with E-state index in [9.17, 15) is 0 Å². The van der Waals surface area contributed by atoms with Gasteiger partial charge in [-0.1, -0.05) is 38.1 Å². The highest BCUT2D eigenvalue weighted by Crippen LogP contribution is 2.24. The minimum atomic E-state index is 0.178. The normalized spacial score (nSPS) is 17.8. The molecule has 0 atom stereocenters. The first-order chi connectivity index (χ1) is 8.65. The van der Waals surface area contributed by atoms with Crippen molar-refractivity contribution in [2.24, 2.45) is 11.1 Å². The fourth-order valence-corrected chi connectivity index (χ4v) is 2.18. The summed E-state index contributed by atoms with van der Waals surface area (Å²) in [7, 11) is 0. The molecule has 0 aromatic heterocycles. The van der Waals surface area contributed by atoms with Gasteiger partial charge in [0.15, 0.2) is 0 Å². The van der Waals surface area contributed by atoms with E-state index in [0.717, 1.165) is 26.3 Å². The Morgan fingerprint density at radius 1 is 1.28 bits per heavy atom. The molecule has 18 heavy (non-hydrogen) atoms. The Morgan fingerprint density at radius 2 is 1.94 bits per heavy atom. The van der Waals surface area contributed by atoms with E-state index >= 15 is 0 Å². The molecule has 1 fully saturated rings. The van der Waals surface area contributed by atoms with Crippen LogP contribution in [0.4, 0.5) is 0 Å². The Labute approximate surface area is 110 Å². The molecule has 0 spiro atoms. The summed E-state index contributed by atoms with van der Waals surface area (Å²) in [6, 6.07) is 8.84. The largest absolute Gasteiger partial charge is 0.380 e. The number of rotatable bonds is 6. The first-order valence-corrected chi connectivity index (χ1v) is 6.73. The smallest absolute Gasteiger partial charge is 0.0569 e. The zero-order chi connectivity index (χ0) is 13.0. The summed E-state index contributed by atoms with van der Waals surface area (Å²) in [6.45, 7) is 8.57. The fraction of sp³-hybridized carbons (Fsp3) is 0.600. The minimum Gasteiger partial charge on any atom is -0.380 e. The van der Waals surface area contributed by atoms with Crippen molar-refractivity contribution in [3.63, 3.8) is 0 Å². The molecule has 3 nitrogen and oxygen atoms in total. The lowest BCUT2D eigenvalue weighted by Gasteiger charge is -2.40. The first-order valence-electron chi connectivity index (χ1n) is 6.73. The molecule has 0 amide bonds. The fourth-order valence-electron chi connectivity index (χ4n) is 2.18. The molecule has 1 heterocycles. The molecule has 3 N–H and O–H groups in total. The second-order valence-corrected chi connectivity index (χ2v) is 5.70. The second-order valence-electron chi connectivity index (χ2n) is 5.70. The minimum absolute atomic E-state index is 0.178. The Balaban J connectivity index is 1.79.